The average Bonchev–Trinajstić information content (AvgIpc) is 2.01. The number of hydrogen-bond donors (Lipinski definition) is 1. The van der Waals surface area contributed by atoms with Crippen molar-refractivity contribution >= 4 is 11.6 Å². The molecule has 0 aliphatic rings. The zero-order valence-electron chi connectivity index (χ0n) is 7.27. The Labute approximate surface area is 83.9 Å². The molecular formula is C8H8ClF3N2. The van der Waals surface area contributed by atoms with Crippen LogP contribution in [0.25, 0.3) is 0 Å². The Morgan fingerprint density at radius 2 is 2.07 bits per heavy atom. The van der Waals surface area contributed by atoms with Gasteiger partial charge in [0.05, 0.1) is 0 Å². The van der Waals surface area contributed by atoms with Gasteiger partial charge in [0.15, 0.2) is 0 Å². The maximum Gasteiger partial charge on any atom is 0.407 e. The summed E-state index contributed by atoms with van der Waals surface area (Å²) in [5.74, 6) is 0. The molecule has 2 N–H and O–H groups in total. The lowest BCUT2D eigenvalue weighted by atomic mass is 10.1. The second-order valence-electron chi connectivity index (χ2n) is 2.87. The van der Waals surface area contributed by atoms with Crippen molar-refractivity contribution < 1.29 is 13.2 Å². The van der Waals surface area contributed by atoms with Crippen LogP contribution in [-0.2, 0) is 0 Å². The van der Waals surface area contributed by atoms with E-state index in [1.165, 1.54) is 6.07 Å². The monoisotopic (exact) mass is 224 g/mol. The average molecular weight is 225 g/mol. The quantitative estimate of drug-likeness (QED) is 0.796. The number of nitrogens with zero attached hydrogens (tertiary/aromatic N) is 1. The Balaban J connectivity index is 3.08. The molecule has 1 aromatic rings. The standard InChI is InChI=1S/C8H8ClF3N2/c1-4-2-6(9)5(3-14-4)7(13)8(10,11)12/h2-3,7H,13H2,1H3/t7-/m1/s1. The number of pyridine rings is 1. The molecule has 0 bridgehead atoms. The lowest BCUT2D eigenvalue weighted by Gasteiger charge is -2.16. The van der Waals surface area contributed by atoms with E-state index in [-0.39, 0.29) is 10.6 Å². The first-order valence-corrected chi connectivity index (χ1v) is 4.14. The second kappa shape index (κ2) is 3.74. The zero-order valence-corrected chi connectivity index (χ0v) is 8.02. The number of rotatable bonds is 1. The van der Waals surface area contributed by atoms with Gasteiger partial charge in [0.1, 0.15) is 6.04 Å². The second-order valence-corrected chi connectivity index (χ2v) is 3.27. The highest BCUT2D eigenvalue weighted by atomic mass is 35.5. The summed E-state index contributed by atoms with van der Waals surface area (Å²) in [5.41, 5.74) is 5.32. The minimum Gasteiger partial charge on any atom is -0.316 e. The van der Waals surface area contributed by atoms with Gasteiger partial charge in [0.2, 0.25) is 0 Å². The van der Waals surface area contributed by atoms with Crippen molar-refractivity contribution in [3.05, 3.63) is 28.5 Å². The van der Waals surface area contributed by atoms with Crippen LogP contribution in [0.2, 0.25) is 5.02 Å². The van der Waals surface area contributed by atoms with E-state index >= 15 is 0 Å². The van der Waals surface area contributed by atoms with E-state index in [0.29, 0.717) is 5.69 Å². The molecule has 0 amide bonds. The van der Waals surface area contributed by atoms with E-state index in [2.05, 4.69) is 4.98 Å². The molecule has 0 fully saturated rings. The van der Waals surface area contributed by atoms with Crippen molar-refractivity contribution in [2.75, 3.05) is 0 Å². The smallest absolute Gasteiger partial charge is 0.316 e. The van der Waals surface area contributed by atoms with Crippen LogP contribution < -0.4 is 5.73 Å². The van der Waals surface area contributed by atoms with Crippen LogP contribution in [0.5, 0.6) is 0 Å². The number of aryl methyl sites for hydroxylation is 1. The summed E-state index contributed by atoms with van der Waals surface area (Å²) in [6, 6.07) is -0.731. The maximum absolute atomic E-state index is 12.2. The summed E-state index contributed by atoms with van der Waals surface area (Å²) in [4.78, 5) is 3.71. The Kier molecular flexibility index (Phi) is 3.01. The normalized spacial score (nSPS) is 14.1. The van der Waals surface area contributed by atoms with Crippen molar-refractivity contribution in [1.82, 2.24) is 4.98 Å². The largest absolute Gasteiger partial charge is 0.407 e. The summed E-state index contributed by atoms with van der Waals surface area (Å²) in [6.45, 7) is 1.63. The van der Waals surface area contributed by atoms with E-state index in [0.717, 1.165) is 6.20 Å². The third-order valence-corrected chi connectivity index (χ3v) is 2.03. The molecule has 1 heterocycles. The van der Waals surface area contributed by atoms with Crippen LogP contribution in [0, 0.1) is 6.92 Å². The highest BCUT2D eigenvalue weighted by Crippen LogP contribution is 2.33. The third-order valence-electron chi connectivity index (χ3n) is 1.71. The topological polar surface area (TPSA) is 38.9 Å². The van der Waals surface area contributed by atoms with E-state index in [9.17, 15) is 13.2 Å². The lowest BCUT2D eigenvalue weighted by molar-refractivity contribution is -0.149. The molecule has 0 saturated heterocycles. The molecule has 0 spiro atoms. The fourth-order valence-corrected chi connectivity index (χ4v) is 1.27. The van der Waals surface area contributed by atoms with Gasteiger partial charge in [-0.3, -0.25) is 4.98 Å². The number of alkyl halides is 3. The summed E-state index contributed by atoms with van der Waals surface area (Å²) >= 11 is 5.61. The van der Waals surface area contributed by atoms with Gasteiger partial charge in [-0.25, -0.2) is 0 Å². The van der Waals surface area contributed by atoms with Crippen molar-refractivity contribution in [1.29, 1.82) is 0 Å². The van der Waals surface area contributed by atoms with Gasteiger partial charge < -0.3 is 5.73 Å². The van der Waals surface area contributed by atoms with Gasteiger partial charge in [-0.05, 0) is 13.0 Å². The maximum atomic E-state index is 12.2. The van der Waals surface area contributed by atoms with Crippen molar-refractivity contribution in [3.8, 4) is 0 Å². The Hall–Kier alpha value is -0.810. The molecule has 1 rings (SSSR count). The third kappa shape index (κ3) is 2.36. The summed E-state index contributed by atoms with van der Waals surface area (Å²) in [7, 11) is 0. The van der Waals surface area contributed by atoms with Gasteiger partial charge in [0.25, 0.3) is 0 Å². The lowest BCUT2D eigenvalue weighted by Crippen LogP contribution is -2.28. The molecule has 6 heteroatoms. The number of hydrogen-bond acceptors (Lipinski definition) is 2. The summed E-state index contributed by atoms with van der Waals surface area (Å²) < 4.78 is 36.6. The molecule has 14 heavy (non-hydrogen) atoms. The van der Waals surface area contributed by atoms with Crippen LogP contribution in [0.15, 0.2) is 12.3 Å². The Morgan fingerprint density at radius 3 is 2.50 bits per heavy atom. The number of aromatic nitrogens is 1. The van der Waals surface area contributed by atoms with Crippen molar-refractivity contribution in [3.63, 3.8) is 0 Å². The first-order chi connectivity index (χ1) is 6.32. The molecule has 2 nitrogen and oxygen atoms in total. The van der Waals surface area contributed by atoms with E-state index in [1.54, 1.807) is 6.92 Å². The van der Waals surface area contributed by atoms with E-state index < -0.39 is 12.2 Å². The highest BCUT2D eigenvalue weighted by Gasteiger charge is 2.39. The van der Waals surface area contributed by atoms with Gasteiger partial charge in [-0.1, -0.05) is 11.6 Å². The predicted molar refractivity (Wildman–Crippen MR) is 47.0 cm³/mol. The predicted octanol–water partition coefficient (Wildman–Crippen LogP) is 2.61. The Bertz CT molecular complexity index is 338. The van der Waals surface area contributed by atoms with Crippen LogP contribution >= 0.6 is 11.6 Å². The molecule has 0 aliphatic carbocycles. The van der Waals surface area contributed by atoms with Crippen LogP contribution in [0.4, 0.5) is 13.2 Å². The van der Waals surface area contributed by atoms with Crippen molar-refractivity contribution in [2.24, 2.45) is 5.73 Å². The number of nitrogens with two attached hydrogens (primary N) is 1. The van der Waals surface area contributed by atoms with Gasteiger partial charge in [0, 0.05) is 22.5 Å². The number of halogens is 4. The summed E-state index contributed by atoms with van der Waals surface area (Å²) in [6.07, 6.45) is -3.45. The molecule has 1 aromatic heterocycles. The molecule has 1 atom stereocenters. The van der Waals surface area contributed by atoms with E-state index in [1.807, 2.05) is 0 Å². The first-order valence-electron chi connectivity index (χ1n) is 3.76. The van der Waals surface area contributed by atoms with Crippen LogP contribution in [-0.4, -0.2) is 11.2 Å². The summed E-state index contributed by atoms with van der Waals surface area (Å²) in [5, 5.41) is -0.0117. The molecular weight excluding hydrogens is 217 g/mol. The Morgan fingerprint density at radius 1 is 1.50 bits per heavy atom. The first kappa shape index (κ1) is 11.3. The minimum atomic E-state index is -4.50. The van der Waals surface area contributed by atoms with Gasteiger partial charge in [-0.2, -0.15) is 13.2 Å². The molecule has 0 aromatic carbocycles. The molecule has 0 saturated carbocycles. The molecule has 0 radical (unpaired) electrons. The van der Waals surface area contributed by atoms with Gasteiger partial charge >= 0.3 is 6.18 Å². The van der Waals surface area contributed by atoms with Crippen LogP contribution in [0.1, 0.15) is 17.3 Å². The zero-order chi connectivity index (χ0) is 10.9. The van der Waals surface area contributed by atoms with E-state index in [4.69, 9.17) is 17.3 Å². The molecule has 0 aliphatic heterocycles. The van der Waals surface area contributed by atoms with Gasteiger partial charge in [-0.15, -0.1) is 0 Å². The molecule has 78 valence electrons. The van der Waals surface area contributed by atoms with Crippen molar-refractivity contribution in [2.45, 2.75) is 19.1 Å². The highest BCUT2D eigenvalue weighted by molar-refractivity contribution is 6.31. The SMILES string of the molecule is Cc1cc(Cl)c([C@@H](N)C(F)(F)F)cn1. The fraction of sp³-hybridized carbons (Fsp3) is 0.375. The van der Waals surface area contributed by atoms with Crippen LogP contribution in [0.3, 0.4) is 0 Å². The molecule has 0 unspecified atom stereocenters. The minimum absolute atomic E-state index is 0.0117. The fourth-order valence-electron chi connectivity index (χ4n) is 0.942.